The van der Waals surface area contributed by atoms with Crippen molar-refractivity contribution in [1.29, 1.82) is 0 Å². The average Bonchev–Trinajstić information content (AvgIpc) is 2.53. The Morgan fingerprint density at radius 3 is 2.32 bits per heavy atom. The molecule has 2 amide bonds. The summed E-state index contributed by atoms with van der Waals surface area (Å²) in [5, 5.41) is 9.20. The summed E-state index contributed by atoms with van der Waals surface area (Å²) < 4.78 is 0. The first kappa shape index (κ1) is 15.9. The number of carbonyl (C=O) groups excluding carboxylic acids is 2. The Balaban J connectivity index is 1.87. The number of nitrogens with one attached hydrogen (secondary N) is 2. The number of hydrogen-bond donors (Lipinski definition) is 3. The van der Waals surface area contributed by atoms with E-state index in [1.165, 1.54) is 23.9 Å². The molecule has 0 bridgehead atoms. The van der Waals surface area contributed by atoms with E-state index >= 15 is 0 Å². The number of rotatable bonds is 4. The van der Waals surface area contributed by atoms with Crippen molar-refractivity contribution in [2.75, 3.05) is 0 Å². The van der Waals surface area contributed by atoms with Crippen molar-refractivity contribution < 1.29 is 14.7 Å². The monoisotopic (exact) mass is 316 g/mol. The Morgan fingerprint density at radius 2 is 1.64 bits per heavy atom. The van der Waals surface area contributed by atoms with Crippen LogP contribution in [-0.4, -0.2) is 22.2 Å². The number of thioether (sulfide) groups is 1. The van der Waals surface area contributed by atoms with Crippen LogP contribution in [0.2, 0.25) is 0 Å². The fourth-order valence-corrected chi connectivity index (χ4v) is 2.60. The summed E-state index contributed by atoms with van der Waals surface area (Å²) in [4.78, 5) is 24.8. The van der Waals surface area contributed by atoms with Gasteiger partial charge in [0.15, 0.2) is 0 Å². The maximum atomic E-state index is 12.0. The van der Waals surface area contributed by atoms with E-state index in [2.05, 4.69) is 10.9 Å². The van der Waals surface area contributed by atoms with Crippen molar-refractivity contribution in [3.63, 3.8) is 0 Å². The number of hydrogen-bond acceptors (Lipinski definition) is 4. The van der Waals surface area contributed by atoms with Gasteiger partial charge in [0.1, 0.15) is 5.75 Å². The van der Waals surface area contributed by atoms with E-state index in [0.29, 0.717) is 0 Å². The predicted octanol–water partition coefficient (Wildman–Crippen LogP) is 2.33. The SMILES string of the molecule is C[C@@H](Sc1ccccc1)C(=O)NNC(=O)c1ccccc1O. The van der Waals surface area contributed by atoms with E-state index in [1.807, 2.05) is 30.3 Å². The number of para-hydroxylation sites is 1. The molecule has 22 heavy (non-hydrogen) atoms. The summed E-state index contributed by atoms with van der Waals surface area (Å²) >= 11 is 1.39. The van der Waals surface area contributed by atoms with Crippen LogP contribution in [-0.2, 0) is 4.79 Å². The molecule has 0 aliphatic heterocycles. The zero-order chi connectivity index (χ0) is 15.9. The number of carbonyl (C=O) groups is 2. The number of phenols is 1. The first-order valence-corrected chi connectivity index (χ1v) is 7.56. The number of hydrazine groups is 1. The van der Waals surface area contributed by atoms with Crippen LogP contribution >= 0.6 is 11.8 Å². The van der Waals surface area contributed by atoms with Crippen molar-refractivity contribution in [2.45, 2.75) is 17.1 Å². The van der Waals surface area contributed by atoms with Crippen LogP contribution in [0.25, 0.3) is 0 Å². The molecule has 0 aliphatic carbocycles. The molecule has 0 aliphatic rings. The van der Waals surface area contributed by atoms with Crippen LogP contribution in [0.4, 0.5) is 0 Å². The lowest BCUT2D eigenvalue weighted by Crippen LogP contribution is -2.44. The summed E-state index contributed by atoms with van der Waals surface area (Å²) in [5.41, 5.74) is 4.76. The normalized spacial score (nSPS) is 11.5. The molecule has 0 saturated heterocycles. The van der Waals surface area contributed by atoms with E-state index in [4.69, 9.17) is 0 Å². The smallest absolute Gasteiger partial charge is 0.273 e. The number of aromatic hydroxyl groups is 1. The highest BCUT2D eigenvalue weighted by atomic mass is 32.2. The molecule has 2 aromatic carbocycles. The summed E-state index contributed by atoms with van der Waals surface area (Å²) in [7, 11) is 0. The lowest BCUT2D eigenvalue weighted by atomic mass is 10.2. The van der Waals surface area contributed by atoms with Gasteiger partial charge < -0.3 is 5.11 Å². The highest BCUT2D eigenvalue weighted by Crippen LogP contribution is 2.22. The Kier molecular flexibility index (Phi) is 5.43. The van der Waals surface area contributed by atoms with Gasteiger partial charge in [-0.1, -0.05) is 30.3 Å². The van der Waals surface area contributed by atoms with Crippen LogP contribution in [0.5, 0.6) is 5.75 Å². The number of benzene rings is 2. The van der Waals surface area contributed by atoms with Crippen LogP contribution in [0.1, 0.15) is 17.3 Å². The highest BCUT2D eigenvalue weighted by molar-refractivity contribution is 8.00. The lowest BCUT2D eigenvalue weighted by Gasteiger charge is -2.13. The van der Waals surface area contributed by atoms with Crippen LogP contribution in [0.3, 0.4) is 0 Å². The van der Waals surface area contributed by atoms with Gasteiger partial charge in [-0.05, 0) is 31.2 Å². The zero-order valence-electron chi connectivity index (χ0n) is 11.9. The number of phenolic OH excluding ortho intramolecular Hbond substituents is 1. The maximum absolute atomic E-state index is 12.0. The van der Waals surface area contributed by atoms with Crippen molar-refractivity contribution >= 4 is 23.6 Å². The Bertz CT molecular complexity index is 661. The molecule has 2 rings (SSSR count). The molecule has 0 saturated carbocycles. The van der Waals surface area contributed by atoms with Gasteiger partial charge in [-0.25, -0.2) is 0 Å². The van der Waals surface area contributed by atoms with E-state index in [0.717, 1.165) is 4.90 Å². The van der Waals surface area contributed by atoms with Crippen LogP contribution in [0.15, 0.2) is 59.5 Å². The largest absolute Gasteiger partial charge is 0.507 e. The van der Waals surface area contributed by atoms with Crippen molar-refractivity contribution in [2.24, 2.45) is 0 Å². The predicted molar refractivity (Wildman–Crippen MR) is 85.5 cm³/mol. The minimum atomic E-state index is -0.566. The van der Waals surface area contributed by atoms with Gasteiger partial charge in [0.2, 0.25) is 0 Å². The second kappa shape index (κ2) is 7.51. The fourth-order valence-electron chi connectivity index (χ4n) is 1.71. The fraction of sp³-hybridized carbons (Fsp3) is 0.125. The first-order chi connectivity index (χ1) is 10.6. The van der Waals surface area contributed by atoms with E-state index < -0.39 is 5.91 Å². The third-order valence-electron chi connectivity index (χ3n) is 2.87. The maximum Gasteiger partial charge on any atom is 0.273 e. The molecule has 0 unspecified atom stereocenters. The van der Waals surface area contributed by atoms with Gasteiger partial charge >= 0.3 is 0 Å². The molecule has 3 N–H and O–H groups in total. The Labute approximate surface area is 132 Å². The first-order valence-electron chi connectivity index (χ1n) is 6.68. The molecule has 2 aromatic rings. The standard InChI is InChI=1S/C16H16N2O3S/c1-11(22-12-7-3-2-4-8-12)15(20)17-18-16(21)13-9-5-6-10-14(13)19/h2-11,19H,1H3,(H,17,20)(H,18,21)/t11-/m1/s1. The van der Waals surface area contributed by atoms with Crippen molar-refractivity contribution in [3.05, 3.63) is 60.2 Å². The minimum Gasteiger partial charge on any atom is -0.507 e. The molecule has 6 heteroatoms. The minimum absolute atomic E-state index is 0.103. The van der Waals surface area contributed by atoms with Crippen molar-refractivity contribution in [3.8, 4) is 5.75 Å². The second-order valence-corrected chi connectivity index (χ2v) is 5.95. The molecule has 114 valence electrons. The molecule has 0 radical (unpaired) electrons. The quantitative estimate of drug-likeness (QED) is 0.597. The van der Waals surface area contributed by atoms with Gasteiger partial charge in [0, 0.05) is 4.90 Å². The third-order valence-corrected chi connectivity index (χ3v) is 3.99. The summed E-state index contributed by atoms with van der Waals surface area (Å²) in [5.74, 6) is -1.03. The van der Waals surface area contributed by atoms with Gasteiger partial charge in [-0.15, -0.1) is 11.8 Å². The molecule has 0 spiro atoms. The van der Waals surface area contributed by atoms with Gasteiger partial charge in [-0.2, -0.15) is 0 Å². The second-order valence-electron chi connectivity index (χ2n) is 4.53. The molecule has 5 nitrogen and oxygen atoms in total. The summed E-state index contributed by atoms with van der Waals surface area (Å²) in [6.45, 7) is 1.75. The molecule has 0 fully saturated rings. The van der Waals surface area contributed by atoms with Crippen molar-refractivity contribution in [1.82, 2.24) is 10.9 Å². The van der Waals surface area contributed by atoms with E-state index in [9.17, 15) is 14.7 Å². The van der Waals surface area contributed by atoms with Crippen LogP contribution < -0.4 is 10.9 Å². The molecule has 1 atom stereocenters. The Hall–Kier alpha value is -2.47. The average molecular weight is 316 g/mol. The Morgan fingerprint density at radius 1 is 1.00 bits per heavy atom. The molecule has 0 aromatic heterocycles. The highest BCUT2D eigenvalue weighted by Gasteiger charge is 2.16. The molecular formula is C16H16N2O3S. The molecule has 0 heterocycles. The summed E-state index contributed by atoms with van der Waals surface area (Å²) in [6.07, 6.45) is 0. The van der Waals surface area contributed by atoms with Gasteiger partial charge in [0.25, 0.3) is 11.8 Å². The van der Waals surface area contributed by atoms with Crippen LogP contribution in [0, 0.1) is 0 Å². The van der Waals surface area contributed by atoms with Gasteiger partial charge in [0.05, 0.1) is 10.8 Å². The van der Waals surface area contributed by atoms with E-state index in [-0.39, 0.29) is 22.5 Å². The lowest BCUT2D eigenvalue weighted by molar-refractivity contribution is -0.121. The topological polar surface area (TPSA) is 78.4 Å². The molecular weight excluding hydrogens is 300 g/mol. The zero-order valence-corrected chi connectivity index (χ0v) is 12.8. The van der Waals surface area contributed by atoms with Gasteiger partial charge in [-0.3, -0.25) is 20.4 Å². The summed E-state index contributed by atoms with van der Waals surface area (Å²) in [6, 6.07) is 15.6. The van der Waals surface area contributed by atoms with E-state index in [1.54, 1.807) is 19.1 Å². The third kappa shape index (κ3) is 4.26. The number of amides is 2.